The van der Waals surface area contributed by atoms with Crippen molar-refractivity contribution in [3.63, 3.8) is 0 Å². The first-order valence-electron chi connectivity index (χ1n) is 6.77. The molecule has 1 fully saturated rings. The maximum Gasteiger partial charge on any atom is 0.231 e. The quantitative estimate of drug-likeness (QED) is 0.779. The Bertz CT molecular complexity index is 471. The molecule has 0 unspecified atom stereocenters. The average Bonchev–Trinajstić information content (AvgIpc) is 2.91. The van der Waals surface area contributed by atoms with E-state index in [1.54, 1.807) is 4.90 Å². The van der Waals surface area contributed by atoms with E-state index in [2.05, 4.69) is 20.3 Å². The van der Waals surface area contributed by atoms with E-state index in [4.69, 9.17) is 5.73 Å². The summed E-state index contributed by atoms with van der Waals surface area (Å²) in [5, 5.41) is 3.02. The van der Waals surface area contributed by atoms with E-state index in [0.29, 0.717) is 24.9 Å². The van der Waals surface area contributed by atoms with Crippen LogP contribution in [0.4, 0.5) is 17.8 Å². The van der Waals surface area contributed by atoms with E-state index >= 15 is 0 Å². The molecule has 3 N–H and O–H groups in total. The third-order valence-corrected chi connectivity index (χ3v) is 3.12. The lowest BCUT2D eigenvalue weighted by Crippen LogP contribution is -2.29. The van der Waals surface area contributed by atoms with Crippen LogP contribution in [0.5, 0.6) is 0 Å². The Balaban J connectivity index is 1.85. The molecular formula is C12H21N7O. The number of carbonyl (C=O) groups is 1. The number of amides is 1. The van der Waals surface area contributed by atoms with Gasteiger partial charge in [-0.2, -0.15) is 15.0 Å². The van der Waals surface area contributed by atoms with Crippen molar-refractivity contribution >= 4 is 23.8 Å². The van der Waals surface area contributed by atoms with Crippen molar-refractivity contribution in [2.45, 2.75) is 19.3 Å². The summed E-state index contributed by atoms with van der Waals surface area (Å²) >= 11 is 0. The van der Waals surface area contributed by atoms with Gasteiger partial charge in [0, 0.05) is 40.2 Å². The summed E-state index contributed by atoms with van der Waals surface area (Å²) < 4.78 is 0. The molecule has 2 heterocycles. The van der Waals surface area contributed by atoms with Gasteiger partial charge < -0.3 is 20.9 Å². The molecule has 2 rings (SSSR count). The van der Waals surface area contributed by atoms with Crippen molar-refractivity contribution in [3.05, 3.63) is 0 Å². The maximum atomic E-state index is 11.9. The van der Waals surface area contributed by atoms with Gasteiger partial charge in [-0.05, 0) is 12.8 Å². The molecule has 1 aromatic heterocycles. The van der Waals surface area contributed by atoms with Crippen molar-refractivity contribution in [2.24, 2.45) is 0 Å². The molecule has 0 atom stereocenters. The first-order chi connectivity index (χ1) is 9.56. The third kappa shape index (κ3) is 3.69. The number of hydrogen-bond acceptors (Lipinski definition) is 7. The molecule has 0 aliphatic carbocycles. The van der Waals surface area contributed by atoms with Crippen LogP contribution in [0.1, 0.15) is 19.3 Å². The fourth-order valence-corrected chi connectivity index (χ4v) is 2.07. The Labute approximate surface area is 118 Å². The summed E-state index contributed by atoms with van der Waals surface area (Å²) in [6.07, 6.45) is 2.65. The fraction of sp³-hybridized carbons (Fsp3) is 0.667. The lowest BCUT2D eigenvalue weighted by Gasteiger charge is -2.15. The molecule has 0 aromatic carbocycles. The number of hydrogen-bond donors (Lipinski definition) is 2. The molecule has 1 aromatic rings. The first kappa shape index (κ1) is 14.3. The van der Waals surface area contributed by atoms with E-state index in [1.807, 2.05) is 19.0 Å². The van der Waals surface area contributed by atoms with Crippen LogP contribution in [0.15, 0.2) is 0 Å². The minimum absolute atomic E-state index is 0.164. The average molecular weight is 279 g/mol. The Morgan fingerprint density at radius 3 is 2.65 bits per heavy atom. The van der Waals surface area contributed by atoms with E-state index in [-0.39, 0.29) is 11.9 Å². The summed E-state index contributed by atoms with van der Waals surface area (Å²) in [6.45, 7) is 2.25. The number of rotatable bonds is 5. The van der Waals surface area contributed by atoms with Gasteiger partial charge in [0.05, 0.1) is 0 Å². The van der Waals surface area contributed by atoms with Crippen LogP contribution in [0.2, 0.25) is 0 Å². The number of nitrogens with two attached hydrogens (primary N) is 1. The normalized spacial score (nSPS) is 14.4. The van der Waals surface area contributed by atoms with Gasteiger partial charge in [-0.3, -0.25) is 4.79 Å². The van der Waals surface area contributed by atoms with Crippen molar-refractivity contribution in [2.75, 3.05) is 49.7 Å². The van der Waals surface area contributed by atoms with Gasteiger partial charge >= 0.3 is 0 Å². The van der Waals surface area contributed by atoms with Gasteiger partial charge in [-0.1, -0.05) is 0 Å². The van der Waals surface area contributed by atoms with Crippen molar-refractivity contribution < 1.29 is 4.79 Å². The number of anilines is 3. The molecule has 20 heavy (non-hydrogen) atoms. The molecule has 1 amide bonds. The van der Waals surface area contributed by atoms with Crippen LogP contribution < -0.4 is 16.0 Å². The van der Waals surface area contributed by atoms with Crippen molar-refractivity contribution in [1.82, 2.24) is 19.9 Å². The van der Waals surface area contributed by atoms with Crippen LogP contribution in [0.25, 0.3) is 0 Å². The van der Waals surface area contributed by atoms with E-state index in [9.17, 15) is 4.79 Å². The molecule has 0 radical (unpaired) electrons. The Morgan fingerprint density at radius 1 is 1.30 bits per heavy atom. The minimum Gasteiger partial charge on any atom is -0.368 e. The predicted molar refractivity (Wildman–Crippen MR) is 77.5 cm³/mol. The molecule has 0 spiro atoms. The number of carbonyl (C=O) groups excluding carboxylic acids is 1. The standard InChI is InChI=1S/C12H21N7O/c1-18(2)12-16-10(13)15-11(17-12)14-6-5-9(20)19-7-3-4-8-19/h3-8H2,1-2H3,(H3,13,14,15,16,17). The lowest BCUT2D eigenvalue weighted by molar-refractivity contribution is -0.129. The molecule has 110 valence electrons. The summed E-state index contributed by atoms with van der Waals surface area (Å²) in [6, 6.07) is 0. The molecule has 1 saturated heterocycles. The van der Waals surface area contributed by atoms with Crippen molar-refractivity contribution in [1.29, 1.82) is 0 Å². The van der Waals surface area contributed by atoms with Crippen molar-refractivity contribution in [3.8, 4) is 0 Å². The highest BCUT2D eigenvalue weighted by molar-refractivity contribution is 5.76. The number of nitrogens with zero attached hydrogens (tertiary/aromatic N) is 5. The van der Waals surface area contributed by atoms with Gasteiger partial charge in [0.15, 0.2) is 0 Å². The Kier molecular flexibility index (Phi) is 4.54. The second-order valence-corrected chi connectivity index (χ2v) is 4.98. The molecule has 0 bridgehead atoms. The molecule has 8 heteroatoms. The smallest absolute Gasteiger partial charge is 0.231 e. The number of nitrogen functional groups attached to an aromatic ring is 1. The third-order valence-electron chi connectivity index (χ3n) is 3.12. The zero-order valence-electron chi connectivity index (χ0n) is 12.0. The number of nitrogens with one attached hydrogen (secondary N) is 1. The largest absolute Gasteiger partial charge is 0.368 e. The molecular weight excluding hydrogens is 258 g/mol. The van der Waals surface area contributed by atoms with E-state index in [1.165, 1.54) is 0 Å². The zero-order valence-corrected chi connectivity index (χ0v) is 12.0. The monoisotopic (exact) mass is 279 g/mol. The van der Waals surface area contributed by atoms with Gasteiger partial charge in [0.25, 0.3) is 0 Å². The predicted octanol–water partition coefficient (Wildman–Crippen LogP) is -0.0558. The second kappa shape index (κ2) is 6.36. The van der Waals surface area contributed by atoms with Gasteiger partial charge in [-0.25, -0.2) is 0 Å². The maximum absolute atomic E-state index is 11.9. The molecule has 0 saturated carbocycles. The SMILES string of the molecule is CN(C)c1nc(N)nc(NCCC(=O)N2CCCC2)n1. The molecule has 8 nitrogen and oxygen atoms in total. The van der Waals surface area contributed by atoms with E-state index < -0.39 is 0 Å². The van der Waals surface area contributed by atoms with Crippen LogP contribution in [0, 0.1) is 0 Å². The number of aromatic nitrogens is 3. The highest BCUT2D eigenvalue weighted by atomic mass is 16.2. The second-order valence-electron chi connectivity index (χ2n) is 4.98. The topological polar surface area (TPSA) is 100 Å². The highest BCUT2D eigenvalue weighted by Gasteiger charge is 2.17. The van der Waals surface area contributed by atoms with Crippen LogP contribution in [-0.2, 0) is 4.79 Å². The summed E-state index contributed by atoms with van der Waals surface area (Å²) in [5.41, 5.74) is 5.62. The molecule has 1 aliphatic heterocycles. The van der Waals surface area contributed by atoms with E-state index in [0.717, 1.165) is 25.9 Å². The highest BCUT2D eigenvalue weighted by Crippen LogP contribution is 2.11. The first-order valence-corrected chi connectivity index (χ1v) is 6.77. The zero-order chi connectivity index (χ0) is 14.5. The van der Waals surface area contributed by atoms with Gasteiger partial charge in [0.1, 0.15) is 0 Å². The number of likely N-dealkylation sites (tertiary alicyclic amines) is 1. The summed E-state index contributed by atoms with van der Waals surface area (Å²) in [7, 11) is 3.66. The van der Waals surface area contributed by atoms with Crippen LogP contribution >= 0.6 is 0 Å². The fourth-order valence-electron chi connectivity index (χ4n) is 2.07. The van der Waals surface area contributed by atoms with Gasteiger partial charge in [-0.15, -0.1) is 0 Å². The minimum atomic E-state index is 0.164. The Hall–Kier alpha value is -2.12. The van der Waals surface area contributed by atoms with Crippen LogP contribution in [0.3, 0.4) is 0 Å². The lowest BCUT2D eigenvalue weighted by atomic mass is 10.3. The summed E-state index contributed by atoms with van der Waals surface area (Å²) in [4.78, 5) is 27.7. The summed E-state index contributed by atoms with van der Waals surface area (Å²) in [5.74, 6) is 1.23. The Morgan fingerprint density at radius 2 is 2.00 bits per heavy atom. The van der Waals surface area contributed by atoms with Crippen LogP contribution in [-0.4, -0.2) is 59.5 Å². The molecule has 1 aliphatic rings. The van der Waals surface area contributed by atoms with Gasteiger partial charge in [0.2, 0.25) is 23.8 Å².